The largest absolute Gasteiger partial charge is 0.462 e. The SMILES string of the molecule is O=C1OCC(c2ccccc2)N[C@H]1Cc1ccccc1. The van der Waals surface area contributed by atoms with E-state index in [2.05, 4.69) is 17.4 Å². The summed E-state index contributed by atoms with van der Waals surface area (Å²) in [5, 5.41) is 3.39. The van der Waals surface area contributed by atoms with Crippen LogP contribution in [0.3, 0.4) is 0 Å². The van der Waals surface area contributed by atoms with Crippen molar-refractivity contribution in [3.05, 3.63) is 71.8 Å². The lowest BCUT2D eigenvalue weighted by molar-refractivity contribution is -0.151. The standard InChI is InChI=1S/C17H17NO2/c19-17-15(11-13-7-3-1-4-8-13)18-16(12-20-17)14-9-5-2-6-10-14/h1-10,15-16,18H,11-12H2/t15-,16?/m0/s1. The molecule has 0 radical (unpaired) electrons. The van der Waals surface area contributed by atoms with Crippen LogP contribution >= 0.6 is 0 Å². The fourth-order valence-electron chi connectivity index (χ4n) is 2.49. The predicted octanol–water partition coefficient (Wildman–Crippen LogP) is 2.49. The monoisotopic (exact) mass is 267 g/mol. The van der Waals surface area contributed by atoms with Crippen LogP contribution in [0, 0.1) is 0 Å². The molecule has 2 atom stereocenters. The average Bonchev–Trinajstić information content (AvgIpc) is 2.51. The molecular formula is C17H17NO2. The summed E-state index contributed by atoms with van der Waals surface area (Å²) in [6.45, 7) is 0.397. The Morgan fingerprint density at radius 1 is 1.00 bits per heavy atom. The van der Waals surface area contributed by atoms with E-state index < -0.39 is 0 Å². The van der Waals surface area contributed by atoms with E-state index in [4.69, 9.17) is 4.74 Å². The van der Waals surface area contributed by atoms with Gasteiger partial charge in [0, 0.05) is 0 Å². The minimum atomic E-state index is -0.281. The third-order valence-electron chi connectivity index (χ3n) is 3.56. The predicted molar refractivity (Wildman–Crippen MR) is 77.2 cm³/mol. The van der Waals surface area contributed by atoms with E-state index in [-0.39, 0.29) is 18.1 Å². The molecule has 20 heavy (non-hydrogen) atoms. The molecule has 0 aromatic heterocycles. The van der Waals surface area contributed by atoms with Crippen molar-refractivity contribution in [1.82, 2.24) is 5.32 Å². The van der Waals surface area contributed by atoms with Gasteiger partial charge >= 0.3 is 5.97 Å². The molecule has 3 heteroatoms. The van der Waals surface area contributed by atoms with Crippen molar-refractivity contribution in [3.63, 3.8) is 0 Å². The molecule has 3 nitrogen and oxygen atoms in total. The van der Waals surface area contributed by atoms with Crippen LogP contribution in [0.1, 0.15) is 17.2 Å². The third-order valence-corrected chi connectivity index (χ3v) is 3.56. The molecule has 0 bridgehead atoms. The van der Waals surface area contributed by atoms with Gasteiger partial charge in [0.05, 0.1) is 6.04 Å². The molecule has 1 aliphatic heterocycles. The number of carbonyl (C=O) groups excluding carboxylic acids is 1. The first-order valence-corrected chi connectivity index (χ1v) is 6.84. The van der Waals surface area contributed by atoms with Crippen molar-refractivity contribution < 1.29 is 9.53 Å². The summed E-state index contributed by atoms with van der Waals surface area (Å²) in [7, 11) is 0. The highest BCUT2D eigenvalue weighted by molar-refractivity contribution is 5.77. The number of hydrogen-bond acceptors (Lipinski definition) is 3. The first-order valence-electron chi connectivity index (χ1n) is 6.84. The summed E-state index contributed by atoms with van der Waals surface area (Å²) in [6.07, 6.45) is 0.656. The molecule has 102 valence electrons. The average molecular weight is 267 g/mol. The van der Waals surface area contributed by atoms with Gasteiger partial charge < -0.3 is 4.74 Å². The van der Waals surface area contributed by atoms with Gasteiger partial charge in [-0.05, 0) is 17.5 Å². The van der Waals surface area contributed by atoms with Crippen LogP contribution in [-0.2, 0) is 16.0 Å². The summed E-state index contributed by atoms with van der Waals surface area (Å²) in [4.78, 5) is 11.9. The Hall–Kier alpha value is -2.13. The second kappa shape index (κ2) is 5.88. The molecule has 1 saturated heterocycles. The van der Waals surface area contributed by atoms with Crippen LogP contribution in [0.4, 0.5) is 0 Å². The maximum Gasteiger partial charge on any atom is 0.323 e. The van der Waals surface area contributed by atoms with Gasteiger partial charge in [-0.3, -0.25) is 10.1 Å². The summed E-state index contributed by atoms with van der Waals surface area (Å²) in [6, 6.07) is 19.9. The zero-order valence-electron chi connectivity index (χ0n) is 11.2. The van der Waals surface area contributed by atoms with Crippen LogP contribution in [-0.4, -0.2) is 18.6 Å². The Balaban J connectivity index is 1.72. The third kappa shape index (κ3) is 2.89. The molecule has 2 aromatic carbocycles. The molecule has 3 rings (SSSR count). The van der Waals surface area contributed by atoms with E-state index in [9.17, 15) is 4.79 Å². The van der Waals surface area contributed by atoms with Gasteiger partial charge in [0.25, 0.3) is 0 Å². The number of benzene rings is 2. The van der Waals surface area contributed by atoms with Gasteiger partial charge in [0.2, 0.25) is 0 Å². The summed E-state index contributed by atoms with van der Waals surface area (Å²) in [5.74, 6) is -0.166. The van der Waals surface area contributed by atoms with Crippen molar-refractivity contribution in [2.45, 2.75) is 18.5 Å². The summed E-state index contributed by atoms with van der Waals surface area (Å²) < 4.78 is 5.33. The van der Waals surface area contributed by atoms with Gasteiger partial charge in [-0.25, -0.2) is 0 Å². The van der Waals surface area contributed by atoms with E-state index >= 15 is 0 Å². The van der Waals surface area contributed by atoms with Crippen LogP contribution in [0.15, 0.2) is 60.7 Å². The fraction of sp³-hybridized carbons (Fsp3) is 0.235. The van der Waals surface area contributed by atoms with E-state index in [0.29, 0.717) is 13.0 Å². The highest BCUT2D eigenvalue weighted by atomic mass is 16.5. The molecule has 1 fully saturated rings. The van der Waals surface area contributed by atoms with Gasteiger partial charge in [-0.15, -0.1) is 0 Å². The Morgan fingerprint density at radius 2 is 1.65 bits per heavy atom. The minimum absolute atomic E-state index is 0.0719. The summed E-state index contributed by atoms with van der Waals surface area (Å²) in [5.41, 5.74) is 2.29. The smallest absolute Gasteiger partial charge is 0.323 e. The maximum absolute atomic E-state index is 11.9. The zero-order chi connectivity index (χ0) is 13.8. The number of carbonyl (C=O) groups is 1. The molecule has 1 N–H and O–H groups in total. The lowest BCUT2D eigenvalue weighted by atomic mass is 10.0. The number of cyclic esters (lactones) is 1. The number of rotatable bonds is 3. The van der Waals surface area contributed by atoms with Crippen molar-refractivity contribution in [2.24, 2.45) is 0 Å². The van der Waals surface area contributed by atoms with E-state index in [1.54, 1.807) is 0 Å². The van der Waals surface area contributed by atoms with Crippen molar-refractivity contribution in [3.8, 4) is 0 Å². The lowest BCUT2D eigenvalue weighted by Gasteiger charge is -2.30. The fourth-order valence-corrected chi connectivity index (χ4v) is 2.49. The molecule has 0 amide bonds. The number of ether oxygens (including phenoxy) is 1. The van der Waals surface area contributed by atoms with Crippen LogP contribution in [0.5, 0.6) is 0 Å². The number of hydrogen-bond donors (Lipinski definition) is 1. The van der Waals surface area contributed by atoms with Gasteiger partial charge in [-0.2, -0.15) is 0 Å². The van der Waals surface area contributed by atoms with Gasteiger partial charge in [0.15, 0.2) is 0 Å². The number of esters is 1. The number of nitrogens with one attached hydrogen (secondary N) is 1. The van der Waals surface area contributed by atoms with Crippen LogP contribution in [0.25, 0.3) is 0 Å². The van der Waals surface area contributed by atoms with E-state index in [1.165, 1.54) is 0 Å². The molecule has 0 spiro atoms. The molecule has 1 heterocycles. The minimum Gasteiger partial charge on any atom is -0.462 e. The van der Waals surface area contributed by atoms with Gasteiger partial charge in [0.1, 0.15) is 12.6 Å². The lowest BCUT2D eigenvalue weighted by Crippen LogP contribution is -2.48. The van der Waals surface area contributed by atoms with E-state index in [1.807, 2.05) is 48.5 Å². The maximum atomic E-state index is 11.9. The van der Waals surface area contributed by atoms with Gasteiger partial charge in [-0.1, -0.05) is 60.7 Å². The first kappa shape index (κ1) is 12.9. The molecule has 0 saturated carbocycles. The first-order chi connectivity index (χ1) is 9.83. The van der Waals surface area contributed by atoms with Crippen LogP contribution < -0.4 is 5.32 Å². The Labute approximate surface area is 118 Å². The molecule has 0 aliphatic carbocycles. The Morgan fingerprint density at radius 3 is 2.35 bits per heavy atom. The quantitative estimate of drug-likeness (QED) is 0.868. The molecule has 2 aromatic rings. The highest BCUT2D eigenvalue weighted by Gasteiger charge is 2.30. The highest BCUT2D eigenvalue weighted by Crippen LogP contribution is 2.19. The zero-order valence-corrected chi connectivity index (χ0v) is 11.2. The topological polar surface area (TPSA) is 38.3 Å². The van der Waals surface area contributed by atoms with Crippen LogP contribution in [0.2, 0.25) is 0 Å². The Kier molecular flexibility index (Phi) is 3.79. The molecule has 1 aliphatic rings. The Bertz CT molecular complexity index is 568. The second-order valence-corrected chi connectivity index (χ2v) is 5.00. The van der Waals surface area contributed by atoms with Crippen molar-refractivity contribution in [2.75, 3.05) is 6.61 Å². The molecular weight excluding hydrogens is 250 g/mol. The number of morpholine rings is 1. The normalized spacial score (nSPS) is 22.3. The van der Waals surface area contributed by atoms with E-state index in [0.717, 1.165) is 11.1 Å². The molecule has 1 unspecified atom stereocenters. The summed E-state index contributed by atoms with van der Waals surface area (Å²) >= 11 is 0. The second-order valence-electron chi connectivity index (χ2n) is 5.00. The van der Waals surface area contributed by atoms with Crippen molar-refractivity contribution in [1.29, 1.82) is 0 Å². The van der Waals surface area contributed by atoms with Crippen molar-refractivity contribution >= 4 is 5.97 Å².